The molecule has 0 saturated carbocycles. The van der Waals surface area contributed by atoms with E-state index in [1.165, 1.54) is 0 Å². The molecule has 0 spiro atoms. The standard InChI is InChI=1S/C25H19N7OS/c1-2-23(33)29-16-7-15(10-26-11-16)20-8-18-22(12-28-20)31-32-25(18)21-9-17-19(30-21)3-5-27-24(17)14-4-6-34-13-14/h3-13,30H,2H2,1H3,(H,29,33)(H,31,32). The molecule has 34 heavy (non-hydrogen) atoms. The van der Waals surface area contributed by atoms with Crippen molar-refractivity contribution >= 4 is 44.7 Å². The molecule has 9 heteroatoms. The molecule has 0 radical (unpaired) electrons. The molecule has 0 aliphatic rings. The smallest absolute Gasteiger partial charge is 0.224 e. The van der Waals surface area contributed by atoms with Gasteiger partial charge in [0.2, 0.25) is 5.91 Å². The van der Waals surface area contributed by atoms with E-state index in [1.54, 1.807) is 29.9 Å². The molecule has 0 bridgehead atoms. The molecule has 3 N–H and O–H groups in total. The van der Waals surface area contributed by atoms with Crippen molar-refractivity contribution in [2.45, 2.75) is 13.3 Å². The number of amides is 1. The molecule has 6 rings (SSSR count). The Balaban J connectivity index is 1.43. The lowest BCUT2D eigenvalue weighted by Crippen LogP contribution is -2.09. The van der Waals surface area contributed by atoms with Gasteiger partial charge in [0.15, 0.2) is 0 Å². The number of aromatic nitrogens is 6. The van der Waals surface area contributed by atoms with Gasteiger partial charge in [-0.05, 0) is 35.7 Å². The summed E-state index contributed by atoms with van der Waals surface area (Å²) in [6, 6.07) is 9.99. The highest BCUT2D eigenvalue weighted by molar-refractivity contribution is 7.08. The monoisotopic (exact) mass is 465 g/mol. The van der Waals surface area contributed by atoms with E-state index in [0.717, 1.165) is 55.7 Å². The van der Waals surface area contributed by atoms with E-state index < -0.39 is 0 Å². The summed E-state index contributed by atoms with van der Waals surface area (Å²) in [4.78, 5) is 28.7. The minimum absolute atomic E-state index is 0.0606. The molecule has 0 aliphatic carbocycles. The number of hydrogen-bond acceptors (Lipinski definition) is 6. The Hall–Kier alpha value is -4.37. The molecule has 6 aromatic rings. The zero-order chi connectivity index (χ0) is 23.1. The molecule has 0 aromatic carbocycles. The van der Waals surface area contributed by atoms with E-state index in [-0.39, 0.29) is 5.91 Å². The Morgan fingerprint density at radius 3 is 2.76 bits per heavy atom. The van der Waals surface area contributed by atoms with Gasteiger partial charge in [-0.3, -0.25) is 24.8 Å². The van der Waals surface area contributed by atoms with Gasteiger partial charge in [-0.25, -0.2) is 0 Å². The Kier molecular flexibility index (Phi) is 4.88. The van der Waals surface area contributed by atoms with E-state index in [9.17, 15) is 4.79 Å². The summed E-state index contributed by atoms with van der Waals surface area (Å²) >= 11 is 1.65. The maximum Gasteiger partial charge on any atom is 0.224 e. The molecule has 6 aromatic heterocycles. The van der Waals surface area contributed by atoms with Crippen molar-refractivity contribution in [2.24, 2.45) is 0 Å². The minimum atomic E-state index is -0.0606. The van der Waals surface area contributed by atoms with E-state index in [4.69, 9.17) is 0 Å². The van der Waals surface area contributed by atoms with Gasteiger partial charge >= 0.3 is 0 Å². The molecule has 6 heterocycles. The van der Waals surface area contributed by atoms with Crippen molar-refractivity contribution in [3.63, 3.8) is 0 Å². The number of pyridine rings is 3. The number of carbonyl (C=O) groups excluding carboxylic acids is 1. The Bertz CT molecular complexity index is 1650. The van der Waals surface area contributed by atoms with Gasteiger partial charge in [0.1, 0.15) is 5.69 Å². The number of nitrogens with one attached hydrogen (secondary N) is 3. The van der Waals surface area contributed by atoms with E-state index in [2.05, 4.69) is 58.3 Å². The Morgan fingerprint density at radius 2 is 1.91 bits per heavy atom. The van der Waals surface area contributed by atoms with Crippen LogP contribution in [0.15, 0.2) is 65.9 Å². The van der Waals surface area contributed by atoms with Gasteiger partial charge in [-0.2, -0.15) is 16.4 Å². The third-order valence-corrected chi connectivity index (χ3v) is 6.37. The fourth-order valence-corrected chi connectivity index (χ4v) is 4.63. The van der Waals surface area contributed by atoms with E-state index in [0.29, 0.717) is 12.1 Å². The normalized spacial score (nSPS) is 11.3. The van der Waals surface area contributed by atoms with Crippen molar-refractivity contribution in [1.29, 1.82) is 0 Å². The SMILES string of the molecule is CCC(=O)Nc1cncc(-c2cc3c(-c4cc5c(-c6ccsc6)nccc5[nH]4)n[nH]c3cn2)c1. The van der Waals surface area contributed by atoms with Gasteiger partial charge in [-0.1, -0.05) is 6.92 Å². The average Bonchev–Trinajstić information content (AvgIpc) is 3.62. The van der Waals surface area contributed by atoms with Crippen molar-refractivity contribution in [1.82, 2.24) is 30.1 Å². The zero-order valence-corrected chi connectivity index (χ0v) is 19.0. The maximum absolute atomic E-state index is 11.8. The average molecular weight is 466 g/mol. The van der Waals surface area contributed by atoms with Crippen LogP contribution < -0.4 is 5.32 Å². The molecule has 0 fully saturated rings. The Labute approximate surface area is 198 Å². The number of thiophene rings is 1. The fourth-order valence-electron chi connectivity index (χ4n) is 3.99. The predicted molar refractivity (Wildman–Crippen MR) is 134 cm³/mol. The lowest BCUT2D eigenvalue weighted by Gasteiger charge is -2.06. The molecular weight excluding hydrogens is 446 g/mol. The van der Waals surface area contributed by atoms with Crippen molar-refractivity contribution in [2.75, 3.05) is 5.32 Å². The van der Waals surface area contributed by atoms with Crippen LogP contribution in [0.1, 0.15) is 13.3 Å². The highest BCUT2D eigenvalue weighted by Crippen LogP contribution is 2.34. The van der Waals surface area contributed by atoms with Crippen molar-refractivity contribution < 1.29 is 4.79 Å². The summed E-state index contributed by atoms with van der Waals surface area (Å²) in [5.41, 5.74) is 7.76. The summed E-state index contributed by atoms with van der Waals surface area (Å²) in [7, 11) is 0. The van der Waals surface area contributed by atoms with Gasteiger partial charge in [0.05, 0.1) is 40.7 Å². The van der Waals surface area contributed by atoms with Crippen LogP contribution in [0.5, 0.6) is 0 Å². The highest BCUT2D eigenvalue weighted by Gasteiger charge is 2.15. The maximum atomic E-state index is 11.8. The summed E-state index contributed by atoms with van der Waals surface area (Å²) < 4.78 is 0. The van der Waals surface area contributed by atoms with Crippen LogP contribution in [0.3, 0.4) is 0 Å². The van der Waals surface area contributed by atoms with E-state index in [1.807, 2.05) is 31.3 Å². The van der Waals surface area contributed by atoms with E-state index >= 15 is 0 Å². The number of nitrogens with zero attached hydrogens (tertiary/aromatic N) is 4. The van der Waals surface area contributed by atoms with Crippen LogP contribution in [0.25, 0.3) is 55.7 Å². The first kappa shape index (κ1) is 20.3. The van der Waals surface area contributed by atoms with Crippen molar-refractivity contribution in [3.05, 3.63) is 65.9 Å². The molecule has 0 saturated heterocycles. The third kappa shape index (κ3) is 3.52. The van der Waals surface area contributed by atoms with Crippen LogP contribution in [-0.2, 0) is 4.79 Å². The number of rotatable bonds is 5. The summed E-state index contributed by atoms with van der Waals surface area (Å²) in [5, 5.41) is 16.6. The molecule has 0 aliphatic heterocycles. The number of carbonyl (C=O) groups is 1. The summed E-state index contributed by atoms with van der Waals surface area (Å²) in [5.74, 6) is -0.0606. The van der Waals surface area contributed by atoms with Crippen LogP contribution >= 0.6 is 11.3 Å². The molecule has 166 valence electrons. The zero-order valence-electron chi connectivity index (χ0n) is 18.2. The van der Waals surface area contributed by atoms with Crippen LogP contribution in [0, 0.1) is 0 Å². The number of anilines is 1. The first-order chi connectivity index (χ1) is 16.7. The molecule has 1 amide bonds. The largest absolute Gasteiger partial charge is 0.353 e. The first-order valence-electron chi connectivity index (χ1n) is 10.8. The van der Waals surface area contributed by atoms with Gasteiger partial charge in [-0.15, -0.1) is 0 Å². The minimum Gasteiger partial charge on any atom is -0.353 e. The topological polar surface area (TPSA) is 112 Å². The molecule has 8 nitrogen and oxygen atoms in total. The summed E-state index contributed by atoms with van der Waals surface area (Å²) in [6.07, 6.45) is 7.34. The van der Waals surface area contributed by atoms with Crippen LogP contribution in [0.4, 0.5) is 5.69 Å². The first-order valence-corrected chi connectivity index (χ1v) is 11.7. The number of H-pyrrole nitrogens is 2. The van der Waals surface area contributed by atoms with Gasteiger partial charge in [0, 0.05) is 51.6 Å². The second kappa shape index (κ2) is 8.20. The second-order valence-corrected chi connectivity index (χ2v) is 8.65. The number of aromatic amines is 2. The lowest BCUT2D eigenvalue weighted by atomic mass is 10.1. The lowest BCUT2D eigenvalue weighted by molar-refractivity contribution is -0.115. The van der Waals surface area contributed by atoms with Gasteiger partial charge in [0.25, 0.3) is 0 Å². The molecule has 0 atom stereocenters. The summed E-state index contributed by atoms with van der Waals surface area (Å²) in [6.45, 7) is 1.81. The highest BCUT2D eigenvalue weighted by atomic mass is 32.1. The predicted octanol–water partition coefficient (Wildman–Crippen LogP) is 5.64. The second-order valence-electron chi connectivity index (χ2n) is 7.87. The quantitative estimate of drug-likeness (QED) is 0.305. The van der Waals surface area contributed by atoms with Gasteiger partial charge < -0.3 is 10.3 Å². The third-order valence-electron chi connectivity index (χ3n) is 5.68. The molecular formula is C25H19N7OS. The van der Waals surface area contributed by atoms with Crippen LogP contribution in [0.2, 0.25) is 0 Å². The van der Waals surface area contributed by atoms with Crippen LogP contribution in [-0.4, -0.2) is 36.0 Å². The Morgan fingerprint density at radius 1 is 1.00 bits per heavy atom. The molecule has 0 unspecified atom stereocenters. The van der Waals surface area contributed by atoms with Crippen molar-refractivity contribution in [3.8, 4) is 33.9 Å². The number of fused-ring (bicyclic) bond motifs is 2. The fraction of sp³-hybridized carbons (Fsp3) is 0.0800. The number of hydrogen-bond donors (Lipinski definition) is 3.